The van der Waals surface area contributed by atoms with Crippen LogP contribution in [0.3, 0.4) is 0 Å². The van der Waals surface area contributed by atoms with Gasteiger partial charge in [0.15, 0.2) is 0 Å². The first-order valence-corrected chi connectivity index (χ1v) is 5.54. The summed E-state index contributed by atoms with van der Waals surface area (Å²) in [5.74, 6) is 1.67. The number of rotatable bonds is 2. The van der Waals surface area contributed by atoms with E-state index in [1.165, 1.54) is 0 Å². The van der Waals surface area contributed by atoms with Crippen LogP contribution in [0.5, 0.6) is 0 Å². The molecule has 15 heavy (non-hydrogen) atoms. The van der Waals surface area contributed by atoms with Gasteiger partial charge in [-0.3, -0.25) is 0 Å². The average Bonchev–Trinajstić information content (AvgIpc) is 2.65. The van der Waals surface area contributed by atoms with Crippen LogP contribution in [0.15, 0.2) is 45.3 Å². The van der Waals surface area contributed by atoms with E-state index in [-0.39, 0.29) is 6.04 Å². The maximum absolute atomic E-state index is 6.11. The summed E-state index contributed by atoms with van der Waals surface area (Å²) in [4.78, 5) is 0. The van der Waals surface area contributed by atoms with Gasteiger partial charge < -0.3 is 10.2 Å². The molecule has 0 radical (unpaired) electrons. The highest BCUT2D eigenvalue weighted by atomic mass is 79.9. The number of furan rings is 1. The van der Waals surface area contributed by atoms with Gasteiger partial charge in [0.2, 0.25) is 0 Å². The van der Waals surface area contributed by atoms with Crippen molar-refractivity contribution in [3.63, 3.8) is 0 Å². The van der Waals surface area contributed by atoms with Crippen molar-refractivity contribution < 1.29 is 4.42 Å². The molecule has 0 amide bonds. The molecule has 0 aliphatic carbocycles. The van der Waals surface area contributed by atoms with E-state index in [0.29, 0.717) is 0 Å². The second kappa shape index (κ2) is 4.21. The Hall–Kier alpha value is -1.06. The molecule has 1 unspecified atom stereocenters. The number of hydrogen-bond donors (Lipinski definition) is 1. The molecule has 78 valence electrons. The molecule has 0 spiro atoms. The third-order valence-electron chi connectivity index (χ3n) is 2.31. The summed E-state index contributed by atoms with van der Waals surface area (Å²) in [5, 5.41) is 0. The Morgan fingerprint density at radius 3 is 2.53 bits per heavy atom. The summed E-state index contributed by atoms with van der Waals surface area (Å²) in [7, 11) is 0. The summed E-state index contributed by atoms with van der Waals surface area (Å²) in [5.41, 5.74) is 7.14. The van der Waals surface area contributed by atoms with Crippen LogP contribution in [-0.2, 0) is 0 Å². The van der Waals surface area contributed by atoms with Crippen molar-refractivity contribution in [3.05, 3.63) is 58.0 Å². The van der Waals surface area contributed by atoms with Crippen LogP contribution >= 0.6 is 15.9 Å². The summed E-state index contributed by atoms with van der Waals surface area (Å²) in [6, 6.07) is 11.5. The first-order chi connectivity index (χ1) is 7.18. The lowest BCUT2D eigenvalue weighted by Crippen LogP contribution is -2.11. The van der Waals surface area contributed by atoms with Crippen molar-refractivity contribution in [1.29, 1.82) is 0 Å². The minimum atomic E-state index is -0.214. The Morgan fingerprint density at radius 2 is 1.93 bits per heavy atom. The number of nitrogens with two attached hydrogens (primary N) is 1. The van der Waals surface area contributed by atoms with E-state index >= 15 is 0 Å². The molecule has 0 saturated heterocycles. The summed E-state index contributed by atoms with van der Waals surface area (Å²) < 4.78 is 6.51. The minimum absolute atomic E-state index is 0.214. The van der Waals surface area contributed by atoms with Crippen molar-refractivity contribution in [3.8, 4) is 0 Å². The highest BCUT2D eigenvalue weighted by Crippen LogP contribution is 2.27. The Bertz CT molecular complexity index is 464. The highest BCUT2D eigenvalue weighted by molar-refractivity contribution is 9.10. The van der Waals surface area contributed by atoms with E-state index in [1.807, 2.05) is 43.3 Å². The molecule has 0 aliphatic heterocycles. The van der Waals surface area contributed by atoms with Crippen LogP contribution in [0.2, 0.25) is 0 Å². The molecule has 1 aromatic heterocycles. The molecule has 2 rings (SSSR count). The number of aryl methyl sites for hydroxylation is 1. The number of benzene rings is 1. The van der Waals surface area contributed by atoms with Gasteiger partial charge >= 0.3 is 0 Å². The molecule has 0 fully saturated rings. The van der Waals surface area contributed by atoms with E-state index in [2.05, 4.69) is 15.9 Å². The fraction of sp³-hybridized carbons (Fsp3) is 0.167. The predicted molar refractivity (Wildman–Crippen MR) is 63.6 cm³/mol. The lowest BCUT2D eigenvalue weighted by molar-refractivity contribution is 0.466. The molecular formula is C12H12BrNO. The third kappa shape index (κ3) is 2.13. The molecule has 0 saturated carbocycles. The molecule has 0 bridgehead atoms. The van der Waals surface area contributed by atoms with Crippen LogP contribution < -0.4 is 5.73 Å². The Labute approximate surface area is 97.2 Å². The van der Waals surface area contributed by atoms with Crippen LogP contribution in [0.25, 0.3) is 0 Å². The maximum Gasteiger partial charge on any atom is 0.125 e. The van der Waals surface area contributed by atoms with Gasteiger partial charge in [0.05, 0.1) is 6.04 Å². The average molecular weight is 266 g/mol. The first kappa shape index (κ1) is 10.5. The quantitative estimate of drug-likeness (QED) is 0.904. The zero-order valence-electron chi connectivity index (χ0n) is 8.41. The van der Waals surface area contributed by atoms with Gasteiger partial charge in [-0.2, -0.15) is 0 Å². The minimum Gasteiger partial charge on any atom is -0.464 e. The fourth-order valence-corrected chi connectivity index (χ4v) is 2.03. The van der Waals surface area contributed by atoms with E-state index in [0.717, 1.165) is 21.6 Å². The normalized spacial score (nSPS) is 12.7. The standard InChI is InChI=1S/C12H12BrNO/c1-8-6-7-11(15-8)12(14)9-4-2-3-5-10(9)13/h2-7,12H,14H2,1H3. The summed E-state index contributed by atoms with van der Waals surface area (Å²) >= 11 is 3.48. The van der Waals surface area contributed by atoms with Crippen molar-refractivity contribution in [2.45, 2.75) is 13.0 Å². The monoisotopic (exact) mass is 265 g/mol. The van der Waals surface area contributed by atoms with E-state index in [9.17, 15) is 0 Å². The molecule has 2 N–H and O–H groups in total. The molecule has 1 heterocycles. The van der Waals surface area contributed by atoms with Gasteiger partial charge in [0.1, 0.15) is 11.5 Å². The SMILES string of the molecule is Cc1ccc(C(N)c2ccccc2Br)o1. The topological polar surface area (TPSA) is 39.2 Å². The third-order valence-corrected chi connectivity index (χ3v) is 3.03. The smallest absolute Gasteiger partial charge is 0.125 e. The van der Waals surface area contributed by atoms with Crippen molar-refractivity contribution in [2.75, 3.05) is 0 Å². The maximum atomic E-state index is 6.11. The Kier molecular flexibility index (Phi) is 2.93. The molecule has 1 atom stereocenters. The molecular weight excluding hydrogens is 254 g/mol. The van der Waals surface area contributed by atoms with E-state index < -0.39 is 0 Å². The summed E-state index contributed by atoms with van der Waals surface area (Å²) in [6.45, 7) is 1.91. The van der Waals surface area contributed by atoms with E-state index in [4.69, 9.17) is 10.2 Å². The first-order valence-electron chi connectivity index (χ1n) is 4.75. The van der Waals surface area contributed by atoms with Crippen LogP contribution in [-0.4, -0.2) is 0 Å². The fourth-order valence-electron chi connectivity index (χ4n) is 1.50. The van der Waals surface area contributed by atoms with Crippen molar-refractivity contribution >= 4 is 15.9 Å². The zero-order chi connectivity index (χ0) is 10.8. The Balaban J connectivity index is 2.36. The molecule has 0 aliphatic rings. The molecule has 2 nitrogen and oxygen atoms in total. The van der Waals surface area contributed by atoms with Crippen LogP contribution in [0.4, 0.5) is 0 Å². The zero-order valence-corrected chi connectivity index (χ0v) is 9.99. The second-order valence-electron chi connectivity index (χ2n) is 3.45. The van der Waals surface area contributed by atoms with Crippen LogP contribution in [0.1, 0.15) is 23.1 Å². The highest BCUT2D eigenvalue weighted by Gasteiger charge is 2.14. The Morgan fingerprint density at radius 1 is 1.20 bits per heavy atom. The van der Waals surface area contributed by atoms with Gasteiger partial charge in [-0.05, 0) is 30.7 Å². The molecule has 1 aromatic carbocycles. The van der Waals surface area contributed by atoms with E-state index in [1.54, 1.807) is 0 Å². The molecule has 2 aromatic rings. The van der Waals surface area contributed by atoms with Crippen molar-refractivity contribution in [1.82, 2.24) is 0 Å². The van der Waals surface area contributed by atoms with Crippen LogP contribution in [0, 0.1) is 6.92 Å². The van der Waals surface area contributed by atoms with Gasteiger partial charge in [0, 0.05) is 4.47 Å². The van der Waals surface area contributed by atoms with Gasteiger partial charge in [-0.25, -0.2) is 0 Å². The summed E-state index contributed by atoms with van der Waals surface area (Å²) in [6.07, 6.45) is 0. The second-order valence-corrected chi connectivity index (χ2v) is 4.30. The molecule has 3 heteroatoms. The lowest BCUT2D eigenvalue weighted by Gasteiger charge is -2.10. The van der Waals surface area contributed by atoms with Gasteiger partial charge in [-0.1, -0.05) is 34.1 Å². The van der Waals surface area contributed by atoms with Gasteiger partial charge in [0.25, 0.3) is 0 Å². The number of hydrogen-bond acceptors (Lipinski definition) is 2. The van der Waals surface area contributed by atoms with Crippen molar-refractivity contribution in [2.24, 2.45) is 5.73 Å². The van der Waals surface area contributed by atoms with Gasteiger partial charge in [-0.15, -0.1) is 0 Å². The predicted octanol–water partition coefficient (Wildman–Crippen LogP) is 3.40. The lowest BCUT2D eigenvalue weighted by atomic mass is 10.1. The number of halogens is 1. The largest absolute Gasteiger partial charge is 0.464 e.